The van der Waals surface area contributed by atoms with Gasteiger partial charge in [0.05, 0.1) is 31.8 Å². The van der Waals surface area contributed by atoms with Crippen LogP contribution in [0.4, 0.5) is 17.1 Å². The van der Waals surface area contributed by atoms with E-state index in [1.54, 1.807) is 44.7 Å². The molecular weight excluding hydrogens is 354 g/mol. The van der Waals surface area contributed by atoms with E-state index >= 15 is 0 Å². The number of carbonyl (C=O) groups excluding carboxylic acids is 1. The topological polar surface area (TPSA) is 72.5 Å². The normalized spacial score (nSPS) is 10.3. The molecule has 0 aliphatic heterocycles. The molecule has 0 spiro atoms. The van der Waals surface area contributed by atoms with E-state index < -0.39 is 0 Å². The van der Waals surface area contributed by atoms with E-state index in [4.69, 9.17) is 9.47 Å². The summed E-state index contributed by atoms with van der Waals surface area (Å²) in [4.78, 5) is 16.8. The molecule has 0 saturated heterocycles. The first-order valence-corrected chi connectivity index (χ1v) is 8.83. The number of anilines is 3. The van der Waals surface area contributed by atoms with Crippen LogP contribution in [-0.4, -0.2) is 25.1 Å². The van der Waals surface area contributed by atoms with E-state index in [1.165, 1.54) is 11.1 Å². The average Bonchev–Trinajstić information content (AvgIpc) is 2.67. The van der Waals surface area contributed by atoms with Crippen molar-refractivity contribution in [2.75, 3.05) is 24.9 Å². The molecule has 28 heavy (non-hydrogen) atoms. The van der Waals surface area contributed by atoms with Crippen LogP contribution in [0.15, 0.2) is 54.7 Å². The maximum absolute atomic E-state index is 12.6. The largest absolute Gasteiger partial charge is 0.497 e. The van der Waals surface area contributed by atoms with Gasteiger partial charge in [0.25, 0.3) is 5.91 Å². The minimum atomic E-state index is -0.329. The molecule has 0 fully saturated rings. The summed E-state index contributed by atoms with van der Waals surface area (Å²) in [5.41, 5.74) is 4.97. The van der Waals surface area contributed by atoms with Crippen LogP contribution in [0.2, 0.25) is 0 Å². The molecule has 0 aliphatic carbocycles. The molecule has 2 aromatic carbocycles. The predicted molar refractivity (Wildman–Crippen MR) is 111 cm³/mol. The number of amides is 1. The number of hydrogen-bond donors (Lipinski definition) is 2. The number of hydrogen-bond acceptors (Lipinski definition) is 5. The number of aromatic nitrogens is 1. The van der Waals surface area contributed by atoms with Gasteiger partial charge < -0.3 is 20.1 Å². The van der Waals surface area contributed by atoms with Crippen LogP contribution in [0.3, 0.4) is 0 Å². The van der Waals surface area contributed by atoms with Gasteiger partial charge in [-0.15, -0.1) is 0 Å². The lowest BCUT2D eigenvalue weighted by Gasteiger charge is -2.12. The van der Waals surface area contributed by atoms with E-state index in [9.17, 15) is 4.79 Å². The van der Waals surface area contributed by atoms with E-state index in [2.05, 4.69) is 47.7 Å². The number of benzene rings is 2. The predicted octanol–water partition coefficient (Wildman–Crippen LogP) is 4.71. The Hall–Kier alpha value is -3.54. The highest BCUT2D eigenvalue weighted by molar-refractivity contribution is 6.03. The number of ether oxygens (including phenoxy) is 2. The Balaban J connectivity index is 1.73. The first-order chi connectivity index (χ1) is 13.5. The van der Waals surface area contributed by atoms with Gasteiger partial charge in [0, 0.05) is 11.8 Å². The quantitative estimate of drug-likeness (QED) is 0.651. The Morgan fingerprint density at radius 3 is 2.25 bits per heavy atom. The van der Waals surface area contributed by atoms with Gasteiger partial charge in [-0.3, -0.25) is 4.79 Å². The van der Waals surface area contributed by atoms with Crippen LogP contribution in [0.1, 0.15) is 21.6 Å². The Bertz CT molecular complexity index is 965. The van der Waals surface area contributed by atoms with Gasteiger partial charge in [-0.1, -0.05) is 6.07 Å². The average molecular weight is 377 g/mol. The summed E-state index contributed by atoms with van der Waals surface area (Å²) in [5, 5.41) is 6.11. The van der Waals surface area contributed by atoms with Crippen LogP contribution in [0, 0.1) is 13.8 Å². The van der Waals surface area contributed by atoms with Crippen molar-refractivity contribution in [3.05, 3.63) is 71.5 Å². The molecule has 1 heterocycles. The molecule has 1 aromatic heterocycles. The molecular formula is C22H23N3O3. The van der Waals surface area contributed by atoms with Crippen molar-refractivity contribution in [1.82, 2.24) is 4.98 Å². The molecule has 0 aliphatic rings. The van der Waals surface area contributed by atoms with Gasteiger partial charge in [0.15, 0.2) is 0 Å². The highest BCUT2D eigenvalue weighted by Gasteiger charge is 2.12. The number of pyridine rings is 1. The fourth-order valence-electron chi connectivity index (χ4n) is 2.91. The molecule has 0 bridgehead atoms. The summed E-state index contributed by atoms with van der Waals surface area (Å²) < 4.78 is 10.5. The van der Waals surface area contributed by atoms with E-state index in [0.29, 0.717) is 22.9 Å². The summed E-state index contributed by atoms with van der Waals surface area (Å²) >= 11 is 0. The second-order valence-corrected chi connectivity index (χ2v) is 6.45. The fraction of sp³-hybridized carbons (Fsp3) is 0.182. The zero-order chi connectivity index (χ0) is 20.1. The number of nitrogens with zero attached hydrogens (tertiary/aromatic N) is 1. The second kappa shape index (κ2) is 8.43. The lowest BCUT2D eigenvalue weighted by molar-refractivity contribution is 0.102. The molecule has 0 unspecified atom stereocenters. The van der Waals surface area contributed by atoms with Crippen LogP contribution < -0.4 is 20.1 Å². The maximum Gasteiger partial charge on any atom is 0.274 e. The summed E-state index contributed by atoms with van der Waals surface area (Å²) in [7, 11) is 3.11. The van der Waals surface area contributed by atoms with Crippen molar-refractivity contribution in [2.45, 2.75) is 13.8 Å². The monoisotopic (exact) mass is 377 g/mol. The van der Waals surface area contributed by atoms with E-state index in [0.717, 1.165) is 11.4 Å². The van der Waals surface area contributed by atoms with Crippen LogP contribution >= 0.6 is 0 Å². The third-order valence-electron chi connectivity index (χ3n) is 4.16. The summed E-state index contributed by atoms with van der Waals surface area (Å²) in [5.74, 6) is 0.837. The molecule has 144 valence electrons. The SMILES string of the molecule is COc1ccc(OC)c(NC(=O)c2ccc(Nc3cc(C)cc(C)c3)cn2)c1. The van der Waals surface area contributed by atoms with E-state index in [-0.39, 0.29) is 5.91 Å². The Morgan fingerprint density at radius 2 is 1.64 bits per heavy atom. The van der Waals surface area contributed by atoms with Gasteiger partial charge in [-0.25, -0.2) is 4.98 Å². The van der Waals surface area contributed by atoms with Crippen LogP contribution in [0.25, 0.3) is 0 Å². The fourth-order valence-corrected chi connectivity index (χ4v) is 2.91. The smallest absolute Gasteiger partial charge is 0.274 e. The minimum Gasteiger partial charge on any atom is -0.497 e. The minimum absolute atomic E-state index is 0.302. The second-order valence-electron chi connectivity index (χ2n) is 6.45. The van der Waals surface area contributed by atoms with Crippen molar-refractivity contribution >= 4 is 23.0 Å². The number of nitrogens with one attached hydrogen (secondary N) is 2. The van der Waals surface area contributed by atoms with Gasteiger partial charge in [0.2, 0.25) is 0 Å². The third kappa shape index (κ3) is 4.59. The maximum atomic E-state index is 12.6. The molecule has 0 atom stereocenters. The zero-order valence-corrected chi connectivity index (χ0v) is 16.4. The third-order valence-corrected chi connectivity index (χ3v) is 4.16. The highest BCUT2D eigenvalue weighted by atomic mass is 16.5. The molecule has 3 rings (SSSR count). The van der Waals surface area contributed by atoms with Crippen LogP contribution in [0.5, 0.6) is 11.5 Å². The van der Waals surface area contributed by atoms with Crippen molar-refractivity contribution < 1.29 is 14.3 Å². The van der Waals surface area contributed by atoms with Gasteiger partial charge in [0.1, 0.15) is 17.2 Å². The number of rotatable bonds is 6. The molecule has 0 saturated carbocycles. The lowest BCUT2D eigenvalue weighted by atomic mass is 10.1. The van der Waals surface area contributed by atoms with Crippen molar-refractivity contribution in [3.63, 3.8) is 0 Å². The Morgan fingerprint density at radius 1 is 0.893 bits per heavy atom. The van der Waals surface area contributed by atoms with Gasteiger partial charge in [-0.05, 0) is 61.4 Å². The standard InChI is InChI=1S/C22H23N3O3/c1-14-9-15(2)11-17(10-14)24-16-5-7-19(23-13-16)22(26)25-20-12-18(27-3)6-8-21(20)28-4/h5-13,24H,1-4H3,(H,25,26). The van der Waals surface area contributed by atoms with E-state index in [1.807, 2.05) is 6.07 Å². The number of carbonyl (C=O) groups is 1. The highest BCUT2D eigenvalue weighted by Crippen LogP contribution is 2.29. The first-order valence-electron chi connectivity index (χ1n) is 8.83. The van der Waals surface area contributed by atoms with Crippen LogP contribution in [-0.2, 0) is 0 Å². The summed E-state index contributed by atoms with van der Waals surface area (Å²) in [6.45, 7) is 4.10. The molecule has 2 N–H and O–H groups in total. The molecule has 0 radical (unpaired) electrons. The molecule has 3 aromatic rings. The summed E-state index contributed by atoms with van der Waals surface area (Å²) in [6, 6.07) is 14.9. The Kier molecular flexibility index (Phi) is 5.79. The van der Waals surface area contributed by atoms with Crippen molar-refractivity contribution in [1.29, 1.82) is 0 Å². The number of methoxy groups -OCH3 is 2. The van der Waals surface area contributed by atoms with Gasteiger partial charge in [-0.2, -0.15) is 0 Å². The van der Waals surface area contributed by atoms with Crippen molar-refractivity contribution in [3.8, 4) is 11.5 Å². The zero-order valence-electron chi connectivity index (χ0n) is 16.4. The number of aryl methyl sites for hydroxylation is 2. The molecule has 6 nitrogen and oxygen atoms in total. The summed E-state index contributed by atoms with van der Waals surface area (Å²) in [6.07, 6.45) is 1.63. The first kappa shape index (κ1) is 19.2. The molecule has 6 heteroatoms. The van der Waals surface area contributed by atoms with Crippen molar-refractivity contribution in [2.24, 2.45) is 0 Å². The van der Waals surface area contributed by atoms with Gasteiger partial charge >= 0.3 is 0 Å². The molecule has 1 amide bonds. The Labute approximate surface area is 164 Å². The lowest BCUT2D eigenvalue weighted by Crippen LogP contribution is -2.14.